The first kappa shape index (κ1) is 11.4. The molecule has 17 heavy (non-hydrogen) atoms. The van der Waals surface area contributed by atoms with Gasteiger partial charge in [-0.15, -0.1) is 0 Å². The van der Waals surface area contributed by atoms with Crippen LogP contribution in [0.4, 0.5) is 13.2 Å². The minimum Gasteiger partial charge on any atom is -0.478 e. The molecule has 0 aliphatic heterocycles. The molecule has 2 rings (SSSR count). The second-order valence-corrected chi connectivity index (χ2v) is 3.36. The van der Waals surface area contributed by atoms with Crippen LogP contribution < -0.4 is 0 Å². The Balaban J connectivity index is 2.85. The summed E-state index contributed by atoms with van der Waals surface area (Å²) in [6.07, 6.45) is -3.35. The number of pyridine rings is 1. The Bertz CT molecular complexity index is 593. The van der Waals surface area contributed by atoms with Gasteiger partial charge in [0, 0.05) is 11.6 Å². The number of rotatable bonds is 1. The Labute approximate surface area is 93.5 Å². The van der Waals surface area contributed by atoms with Gasteiger partial charge >= 0.3 is 12.1 Å². The van der Waals surface area contributed by atoms with Crippen LogP contribution in [0.25, 0.3) is 10.9 Å². The summed E-state index contributed by atoms with van der Waals surface area (Å²) in [6, 6.07) is 4.38. The van der Waals surface area contributed by atoms with Crippen LogP contribution in [0.2, 0.25) is 0 Å². The molecule has 0 radical (unpaired) electrons. The second kappa shape index (κ2) is 3.73. The summed E-state index contributed by atoms with van der Waals surface area (Å²) >= 11 is 0. The van der Waals surface area contributed by atoms with E-state index in [1.165, 1.54) is 18.3 Å². The summed E-state index contributed by atoms with van der Waals surface area (Å²) in [4.78, 5) is 14.5. The topological polar surface area (TPSA) is 50.2 Å². The van der Waals surface area contributed by atoms with Gasteiger partial charge in [0.2, 0.25) is 0 Å². The minimum atomic E-state index is -4.55. The monoisotopic (exact) mass is 241 g/mol. The SMILES string of the molecule is O=C(O)c1ccc(C(F)(F)F)c2ncccc12. The van der Waals surface area contributed by atoms with Gasteiger partial charge in [0.05, 0.1) is 16.6 Å². The highest BCUT2D eigenvalue weighted by molar-refractivity contribution is 6.03. The van der Waals surface area contributed by atoms with E-state index in [2.05, 4.69) is 4.98 Å². The van der Waals surface area contributed by atoms with Crippen molar-refractivity contribution < 1.29 is 23.1 Å². The molecule has 0 unspecified atom stereocenters. The summed E-state index contributed by atoms with van der Waals surface area (Å²) in [7, 11) is 0. The van der Waals surface area contributed by atoms with E-state index in [4.69, 9.17) is 5.11 Å². The van der Waals surface area contributed by atoms with Crippen molar-refractivity contribution in [2.45, 2.75) is 6.18 Å². The number of halogens is 3. The maximum Gasteiger partial charge on any atom is 0.418 e. The van der Waals surface area contributed by atoms with Crippen LogP contribution >= 0.6 is 0 Å². The molecule has 6 heteroatoms. The molecular weight excluding hydrogens is 235 g/mol. The van der Waals surface area contributed by atoms with Crippen molar-refractivity contribution in [3.8, 4) is 0 Å². The molecule has 0 atom stereocenters. The molecule has 2 aromatic rings. The first-order valence-electron chi connectivity index (χ1n) is 4.59. The summed E-state index contributed by atoms with van der Waals surface area (Å²) in [5.74, 6) is -1.28. The number of carbonyl (C=O) groups is 1. The quantitative estimate of drug-likeness (QED) is 0.835. The number of nitrogens with zero attached hydrogens (tertiary/aromatic N) is 1. The van der Waals surface area contributed by atoms with E-state index in [9.17, 15) is 18.0 Å². The van der Waals surface area contributed by atoms with Crippen LogP contribution in [-0.4, -0.2) is 16.1 Å². The average Bonchev–Trinajstić information content (AvgIpc) is 2.26. The van der Waals surface area contributed by atoms with Crippen LogP contribution in [0, 0.1) is 0 Å². The van der Waals surface area contributed by atoms with Gasteiger partial charge in [-0.05, 0) is 18.2 Å². The van der Waals surface area contributed by atoms with Gasteiger partial charge in [-0.25, -0.2) is 4.79 Å². The Hall–Kier alpha value is -2.11. The third-order valence-electron chi connectivity index (χ3n) is 2.31. The first-order valence-corrected chi connectivity index (χ1v) is 4.59. The summed E-state index contributed by atoms with van der Waals surface area (Å²) in [5.41, 5.74) is -1.47. The molecule has 0 spiro atoms. The highest BCUT2D eigenvalue weighted by Crippen LogP contribution is 2.34. The van der Waals surface area contributed by atoms with Gasteiger partial charge in [-0.1, -0.05) is 6.07 Å². The normalized spacial score (nSPS) is 11.7. The summed E-state index contributed by atoms with van der Waals surface area (Å²) < 4.78 is 38.0. The average molecular weight is 241 g/mol. The lowest BCUT2D eigenvalue weighted by Gasteiger charge is -2.10. The fourth-order valence-electron chi connectivity index (χ4n) is 1.59. The van der Waals surface area contributed by atoms with Gasteiger partial charge in [-0.3, -0.25) is 4.98 Å². The zero-order valence-corrected chi connectivity index (χ0v) is 8.32. The third-order valence-corrected chi connectivity index (χ3v) is 2.31. The van der Waals surface area contributed by atoms with E-state index >= 15 is 0 Å². The minimum absolute atomic E-state index is 0.0187. The predicted octanol–water partition coefficient (Wildman–Crippen LogP) is 2.95. The molecule has 0 saturated carbocycles. The molecule has 0 amide bonds. The zero-order valence-electron chi connectivity index (χ0n) is 8.32. The zero-order chi connectivity index (χ0) is 12.6. The maximum absolute atomic E-state index is 12.7. The van der Waals surface area contributed by atoms with E-state index in [1.54, 1.807) is 0 Å². The molecule has 88 valence electrons. The van der Waals surface area contributed by atoms with Crippen LogP contribution in [0.3, 0.4) is 0 Å². The number of hydrogen-bond acceptors (Lipinski definition) is 2. The molecule has 3 nitrogen and oxygen atoms in total. The highest BCUT2D eigenvalue weighted by Gasteiger charge is 2.33. The molecular formula is C11H6F3NO2. The van der Waals surface area contributed by atoms with Gasteiger partial charge in [0.1, 0.15) is 0 Å². The van der Waals surface area contributed by atoms with Gasteiger partial charge in [0.15, 0.2) is 0 Å². The van der Waals surface area contributed by atoms with Crippen molar-refractivity contribution in [1.29, 1.82) is 0 Å². The number of benzene rings is 1. The molecule has 0 bridgehead atoms. The van der Waals surface area contributed by atoms with Crippen molar-refractivity contribution >= 4 is 16.9 Å². The fraction of sp³-hybridized carbons (Fsp3) is 0.0909. The Morgan fingerprint density at radius 1 is 1.24 bits per heavy atom. The second-order valence-electron chi connectivity index (χ2n) is 3.36. The fourth-order valence-corrected chi connectivity index (χ4v) is 1.59. The van der Waals surface area contributed by atoms with Crippen LogP contribution in [0.1, 0.15) is 15.9 Å². The van der Waals surface area contributed by atoms with E-state index in [1.807, 2.05) is 0 Å². The standard InChI is InChI=1S/C11H6F3NO2/c12-11(13,14)8-4-3-7(10(16)17)6-2-1-5-15-9(6)8/h1-5H,(H,16,17). The number of carboxylic acid groups (broad SMARTS) is 1. The number of alkyl halides is 3. The van der Waals surface area contributed by atoms with Crippen LogP contribution in [0.15, 0.2) is 30.5 Å². The lowest BCUT2D eigenvalue weighted by atomic mass is 10.0. The number of carboxylic acids is 1. The van der Waals surface area contributed by atoms with Gasteiger partial charge in [-0.2, -0.15) is 13.2 Å². The Morgan fingerprint density at radius 2 is 1.94 bits per heavy atom. The number of aromatic carboxylic acids is 1. The molecule has 0 aliphatic rings. The van der Waals surface area contributed by atoms with Crippen molar-refractivity contribution in [1.82, 2.24) is 4.98 Å². The molecule has 0 fully saturated rings. The molecule has 0 saturated heterocycles. The van der Waals surface area contributed by atoms with E-state index < -0.39 is 17.7 Å². The smallest absolute Gasteiger partial charge is 0.418 e. The first-order chi connectivity index (χ1) is 7.91. The van der Waals surface area contributed by atoms with E-state index in [0.717, 1.165) is 12.1 Å². The molecule has 1 N–H and O–H groups in total. The highest BCUT2D eigenvalue weighted by atomic mass is 19.4. The number of fused-ring (bicyclic) bond motifs is 1. The largest absolute Gasteiger partial charge is 0.478 e. The van der Waals surface area contributed by atoms with Gasteiger partial charge < -0.3 is 5.11 Å². The van der Waals surface area contributed by atoms with Crippen LogP contribution in [0.5, 0.6) is 0 Å². The maximum atomic E-state index is 12.7. The summed E-state index contributed by atoms with van der Waals surface area (Å²) in [5, 5.41) is 8.85. The molecule has 1 heterocycles. The number of hydrogen-bond donors (Lipinski definition) is 1. The van der Waals surface area contributed by atoms with Crippen molar-refractivity contribution in [3.05, 3.63) is 41.6 Å². The van der Waals surface area contributed by atoms with E-state index in [-0.39, 0.29) is 16.5 Å². The van der Waals surface area contributed by atoms with Crippen molar-refractivity contribution in [3.63, 3.8) is 0 Å². The summed E-state index contributed by atoms with van der Waals surface area (Å²) in [6.45, 7) is 0. The lowest BCUT2D eigenvalue weighted by Crippen LogP contribution is -2.08. The molecule has 1 aromatic carbocycles. The van der Waals surface area contributed by atoms with Crippen LogP contribution in [-0.2, 0) is 6.18 Å². The Kier molecular flexibility index (Phi) is 2.49. The van der Waals surface area contributed by atoms with Gasteiger partial charge in [0.25, 0.3) is 0 Å². The number of aromatic nitrogens is 1. The van der Waals surface area contributed by atoms with Crippen molar-refractivity contribution in [2.24, 2.45) is 0 Å². The third kappa shape index (κ3) is 1.93. The van der Waals surface area contributed by atoms with Crippen molar-refractivity contribution in [2.75, 3.05) is 0 Å². The lowest BCUT2D eigenvalue weighted by molar-refractivity contribution is -0.136. The Morgan fingerprint density at radius 3 is 2.53 bits per heavy atom. The molecule has 1 aromatic heterocycles. The molecule has 0 aliphatic carbocycles. The predicted molar refractivity (Wildman–Crippen MR) is 53.7 cm³/mol. The van der Waals surface area contributed by atoms with E-state index in [0.29, 0.717) is 0 Å².